The van der Waals surface area contributed by atoms with Crippen molar-refractivity contribution in [3.8, 4) is 22.0 Å². The molecular weight excluding hydrogens is 362 g/mol. The molecule has 8 heteroatoms. The molecule has 0 spiro atoms. The van der Waals surface area contributed by atoms with Gasteiger partial charge in [-0.3, -0.25) is 14.7 Å². The molecule has 134 valence electrons. The SMILES string of the molecule is Cc1nc(-c2cccc(NC(=O)c3ccc(-c4cccs4)[nH]c3=O)c2)n[nH]1. The molecule has 3 aromatic heterocycles. The van der Waals surface area contributed by atoms with Gasteiger partial charge in [0.15, 0.2) is 5.82 Å². The van der Waals surface area contributed by atoms with Crippen molar-refractivity contribution < 1.29 is 4.79 Å². The van der Waals surface area contributed by atoms with E-state index in [-0.39, 0.29) is 5.56 Å². The summed E-state index contributed by atoms with van der Waals surface area (Å²) in [5.41, 5.74) is 1.63. The molecule has 0 aliphatic rings. The van der Waals surface area contributed by atoms with Crippen LogP contribution in [0.5, 0.6) is 0 Å². The minimum absolute atomic E-state index is 0.0504. The van der Waals surface area contributed by atoms with Gasteiger partial charge in [0.05, 0.1) is 10.6 Å². The Kier molecular flexibility index (Phi) is 4.39. The number of pyridine rings is 1. The number of carbonyl (C=O) groups excluding carboxylic acids is 1. The Hall–Kier alpha value is -3.52. The monoisotopic (exact) mass is 377 g/mol. The molecule has 1 aromatic carbocycles. The van der Waals surface area contributed by atoms with E-state index in [4.69, 9.17) is 0 Å². The third kappa shape index (κ3) is 3.56. The standard InChI is InChI=1S/C19H15N5O2S/c1-11-20-17(24-23-11)12-4-2-5-13(10-12)21-18(25)14-7-8-15(22-19(14)26)16-6-3-9-27-16/h2-10H,1H3,(H,21,25)(H,22,26)(H,20,23,24). The van der Waals surface area contributed by atoms with Crippen LogP contribution >= 0.6 is 11.3 Å². The Labute approximate surface area is 158 Å². The predicted molar refractivity (Wildman–Crippen MR) is 105 cm³/mol. The van der Waals surface area contributed by atoms with Gasteiger partial charge >= 0.3 is 0 Å². The first-order chi connectivity index (χ1) is 13.1. The predicted octanol–water partition coefficient (Wildman–Crippen LogP) is 3.45. The Morgan fingerprint density at radius 3 is 2.74 bits per heavy atom. The number of amides is 1. The Balaban J connectivity index is 1.57. The maximum atomic E-state index is 12.5. The van der Waals surface area contributed by atoms with Gasteiger partial charge in [-0.25, -0.2) is 4.98 Å². The lowest BCUT2D eigenvalue weighted by Crippen LogP contribution is -2.23. The summed E-state index contributed by atoms with van der Waals surface area (Å²) in [7, 11) is 0. The second-order valence-electron chi connectivity index (χ2n) is 5.87. The highest BCUT2D eigenvalue weighted by molar-refractivity contribution is 7.13. The Morgan fingerprint density at radius 2 is 2.04 bits per heavy atom. The highest BCUT2D eigenvalue weighted by atomic mass is 32.1. The maximum absolute atomic E-state index is 12.5. The number of aryl methyl sites for hydroxylation is 1. The normalized spacial score (nSPS) is 10.7. The number of thiophene rings is 1. The summed E-state index contributed by atoms with van der Waals surface area (Å²) in [5.74, 6) is 0.774. The highest BCUT2D eigenvalue weighted by Crippen LogP contribution is 2.22. The summed E-state index contributed by atoms with van der Waals surface area (Å²) >= 11 is 1.52. The number of aromatic nitrogens is 4. The van der Waals surface area contributed by atoms with Gasteiger partial charge in [-0.2, -0.15) is 5.10 Å². The van der Waals surface area contributed by atoms with Crippen LogP contribution in [-0.2, 0) is 0 Å². The molecule has 0 fully saturated rings. The van der Waals surface area contributed by atoms with Crippen LogP contribution in [0.1, 0.15) is 16.2 Å². The fraction of sp³-hybridized carbons (Fsp3) is 0.0526. The summed E-state index contributed by atoms with van der Waals surface area (Å²) < 4.78 is 0. The number of anilines is 1. The van der Waals surface area contributed by atoms with Crippen molar-refractivity contribution in [3.05, 3.63) is 75.7 Å². The second-order valence-corrected chi connectivity index (χ2v) is 6.82. The van der Waals surface area contributed by atoms with Gasteiger partial charge in [0, 0.05) is 11.3 Å². The molecule has 3 heterocycles. The summed E-state index contributed by atoms with van der Waals surface area (Å²) in [6.45, 7) is 1.81. The van der Waals surface area contributed by atoms with E-state index in [2.05, 4.69) is 25.5 Å². The van der Waals surface area contributed by atoms with Gasteiger partial charge in [0.25, 0.3) is 11.5 Å². The molecule has 0 aliphatic carbocycles. The molecule has 3 N–H and O–H groups in total. The van der Waals surface area contributed by atoms with Crippen LogP contribution in [0.25, 0.3) is 22.0 Å². The summed E-state index contributed by atoms with van der Waals surface area (Å²) in [6.07, 6.45) is 0. The molecule has 0 saturated heterocycles. The van der Waals surface area contributed by atoms with E-state index < -0.39 is 11.5 Å². The first-order valence-electron chi connectivity index (χ1n) is 8.18. The van der Waals surface area contributed by atoms with E-state index in [9.17, 15) is 9.59 Å². The summed E-state index contributed by atoms with van der Waals surface area (Å²) in [6, 6.07) is 14.2. The van der Waals surface area contributed by atoms with Crippen molar-refractivity contribution >= 4 is 22.9 Å². The number of carbonyl (C=O) groups is 1. The zero-order valence-electron chi connectivity index (χ0n) is 14.3. The van der Waals surface area contributed by atoms with Crippen LogP contribution in [0.15, 0.2) is 58.7 Å². The summed E-state index contributed by atoms with van der Waals surface area (Å²) in [5, 5.41) is 11.6. The second kappa shape index (κ2) is 7.00. The van der Waals surface area contributed by atoms with E-state index in [0.717, 1.165) is 10.4 Å². The van der Waals surface area contributed by atoms with Gasteiger partial charge in [-0.1, -0.05) is 18.2 Å². The number of H-pyrrole nitrogens is 2. The number of rotatable bonds is 4. The lowest BCUT2D eigenvalue weighted by Gasteiger charge is -2.06. The zero-order valence-corrected chi connectivity index (χ0v) is 15.1. The van der Waals surface area contributed by atoms with Crippen molar-refractivity contribution in [1.82, 2.24) is 20.2 Å². The average molecular weight is 377 g/mol. The fourth-order valence-electron chi connectivity index (χ4n) is 2.63. The molecule has 1 amide bonds. The quantitative estimate of drug-likeness (QED) is 0.507. The smallest absolute Gasteiger partial charge is 0.261 e. The molecule has 0 aliphatic heterocycles. The van der Waals surface area contributed by atoms with Gasteiger partial charge in [-0.15, -0.1) is 11.3 Å². The van der Waals surface area contributed by atoms with Crippen molar-refractivity contribution in [2.45, 2.75) is 6.92 Å². The molecular formula is C19H15N5O2S. The average Bonchev–Trinajstić information content (AvgIpc) is 3.33. The van der Waals surface area contributed by atoms with Crippen molar-refractivity contribution in [1.29, 1.82) is 0 Å². The highest BCUT2D eigenvalue weighted by Gasteiger charge is 2.13. The minimum Gasteiger partial charge on any atom is -0.322 e. The lowest BCUT2D eigenvalue weighted by atomic mass is 10.1. The van der Waals surface area contributed by atoms with E-state index in [1.54, 1.807) is 24.3 Å². The van der Waals surface area contributed by atoms with Crippen LogP contribution in [0.2, 0.25) is 0 Å². The maximum Gasteiger partial charge on any atom is 0.261 e. The number of hydrogen-bond donors (Lipinski definition) is 3. The van der Waals surface area contributed by atoms with E-state index in [0.29, 0.717) is 23.0 Å². The lowest BCUT2D eigenvalue weighted by molar-refractivity contribution is 0.102. The van der Waals surface area contributed by atoms with Crippen molar-refractivity contribution in [2.24, 2.45) is 0 Å². The molecule has 4 aromatic rings. The van der Waals surface area contributed by atoms with Crippen LogP contribution in [-0.4, -0.2) is 26.1 Å². The first kappa shape index (κ1) is 16.9. The molecule has 0 bridgehead atoms. The molecule has 0 radical (unpaired) electrons. The van der Waals surface area contributed by atoms with Gasteiger partial charge in [0.2, 0.25) is 0 Å². The van der Waals surface area contributed by atoms with E-state index in [1.165, 1.54) is 17.4 Å². The first-order valence-corrected chi connectivity index (χ1v) is 9.06. The van der Waals surface area contributed by atoms with Gasteiger partial charge < -0.3 is 10.3 Å². The van der Waals surface area contributed by atoms with Crippen molar-refractivity contribution in [2.75, 3.05) is 5.32 Å². The molecule has 7 nitrogen and oxygen atoms in total. The van der Waals surface area contributed by atoms with Gasteiger partial charge in [-0.05, 0) is 42.6 Å². The molecule has 0 saturated carbocycles. The zero-order chi connectivity index (χ0) is 18.8. The van der Waals surface area contributed by atoms with Gasteiger partial charge in [0.1, 0.15) is 11.4 Å². The van der Waals surface area contributed by atoms with Crippen LogP contribution in [0, 0.1) is 6.92 Å². The number of hydrogen-bond acceptors (Lipinski definition) is 5. The minimum atomic E-state index is -0.475. The molecule has 0 atom stereocenters. The number of nitrogens with one attached hydrogen (secondary N) is 3. The number of benzene rings is 1. The fourth-order valence-corrected chi connectivity index (χ4v) is 3.34. The molecule has 4 rings (SSSR count). The van der Waals surface area contributed by atoms with Crippen LogP contribution < -0.4 is 10.9 Å². The van der Waals surface area contributed by atoms with Crippen LogP contribution in [0.4, 0.5) is 5.69 Å². The third-order valence-corrected chi connectivity index (χ3v) is 4.82. The van der Waals surface area contributed by atoms with Crippen LogP contribution in [0.3, 0.4) is 0 Å². The Morgan fingerprint density at radius 1 is 1.15 bits per heavy atom. The van der Waals surface area contributed by atoms with Crippen molar-refractivity contribution in [3.63, 3.8) is 0 Å². The topological polar surface area (TPSA) is 104 Å². The summed E-state index contributed by atoms with van der Waals surface area (Å²) in [4.78, 5) is 32.8. The Bertz CT molecular complexity index is 1160. The number of nitrogens with zero attached hydrogens (tertiary/aromatic N) is 2. The van der Waals surface area contributed by atoms with E-state index in [1.807, 2.05) is 30.5 Å². The number of aromatic amines is 2. The molecule has 0 unspecified atom stereocenters. The molecule has 27 heavy (non-hydrogen) atoms. The third-order valence-electron chi connectivity index (χ3n) is 3.92. The largest absolute Gasteiger partial charge is 0.322 e. The van der Waals surface area contributed by atoms with E-state index >= 15 is 0 Å².